The van der Waals surface area contributed by atoms with Gasteiger partial charge in [-0.15, -0.1) is 0 Å². The quantitative estimate of drug-likeness (QED) is 0.292. The number of oxazole rings is 1. The molecular formula is C28H27F3N4O2. The molecule has 0 aliphatic rings. The summed E-state index contributed by atoms with van der Waals surface area (Å²) in [7, 11) is 0. The van der Waals surface area contributed by atoms with Crippen molar-refractivity contribution in [1.82, 2.24) is 20.2 Å². The molecule has 4 rings (SSSR count). The lowest BCUT2D eigenvalue weighted by molar-refractivity contribution is -0.137. The second kappa shape index (κ2) is 11.8. The van der Waals surface area contributed by atoms with E-state index in [9.17, 15) is 18.0 Å². The molecule has 9 heteroatoms. The van der Waals surface area contributed by atoms with Crippen LogP contribution < -0.4 is 5.32 Å². The smallest absolute Gasteiger partial charge is 0.416 e. The summed E-state index contributed by atoms with van der Waals surface area (Å²) in [5, 5.41) is 2.80. The second-order valence-corrected chi connectivity index (χ2v) is 8.64. The maximum absolute atomic E-state index is 13.3. The normalized spacial score (nSPS) is 12.5. The van der Waals surface area contributed by atoms with Crippen LogP contribution in [0.15, 0.2) is 89.7 Å². The van der Waals surface area contributed by atoms with Gasteiger partial charge in [0, 0.05) is 37.4 Å². The Labute approximate surface area is 213 Å². The third-order valence-corrected chi connectivity index (χ3v) is 5.99. The molecule has 6 nitrogen and oxygen atoms in total. The first kappa shape index (κ1) is 26.1. The van der Waals surface area contributed by atoms with E-state index in [1.165, 1.54) is 12.3 Å². The van der Waals surface area contributed by atoms with E-state index in [2.05, 4.69) is 15.3 Å². The molecule has 0 aliphatic heterocycles. The zero-order valence-corrected chi connectivity index (χ0v) is 20.3. The zero-order valence-electron chi connectivity index (χ0n) is 20.3. The molecule has 192 valence electrons. The fourth-order valence-corrected chi connectivity index (χ4v) is 3.95. The summed E-state index contributed by atoms with van der Waals surface area (Å²) in [5.41, 5.74) is 1.81. The number of carbonyl (C=O) groups is 1. The average Bonchev–Trinajstić information content (AvgIpc) is 3.37. The van der Waals surface area contributed by atoms with E-state index < -0.39 is 11.7 Å². The van der Waals surface area contributed by atoms with E-state index in [4.69, 9.17) is 4.42 Å². The summed E-state index contributed by atoms with van der Waals surface area (Å²) in [4.78, 5) is 23.1. The molecule has 0 unspecified atom stereocenters. The van der Waals surface area contributed by atoms with Crippen LogP contribution >= 0.6 is 0 Å². The van der Waals surface area contributed by atoms with Crippen molar-refractivity contribution >= 4 is 5.91 Å². The van der Waals surface area contributed by atoms with Gasteiger partial charge in [-0.3, -0.25) is 14.7 Å². The third-order valence-electron chi connectivity index (χ3n) is 5.99. The summed E-state index contributed by atoms with van der Waals surface area (Å²) >= 11 is 0. The summed E-state index contributed by atoms with van der Waals surface area (Å²) in [5.74, 6) is -0.0731. The van der Waals surface area contributed by atoms with Crippen LogP contribution in [0.4, 0.5) is 13.2 Å². The average molecular weight is 509 g/mol. The highest BCUT2D eigenvalue weighted by molar-refractivity contribution is 5.91. The highest BCUT2D eigenvalue weighted by Crippen LogP contribution is 2.31. The number of aromatic nitrogens is 2. The van der Waals surface area contributed by atoms with Gasteiger partial charge >= 0.3 is 6.18 Å². The van der Waals surface area contributed by atoms with Crippen molar-refractivity contribution in [2.75, 3.05) is 6.54 Å². The molecule has 1 atom stereocenters. The lowest BCUT2D eigenvalue weighted by Gasteiger charge is -2.28. The van der Waals surface area contributed by atoms with Crippen molar-refractivity contribution in [3.63, 3.8) is 0 Å². The molecule has 37 heavy (non-hydrogen) atoms. The largest absolute Gasteiger partial charge is 0.447 e. The number of benzene rings is 2. The van der Waals surface area contributed by atoms with Gasteiger partial charge < -0.3 is 9.73 Å². The fourth-order valence-electron chi connectivity index (χ4n) is 3.95. The monoisotopic (exact) mass is 508 g/mol. The van der Waals surface area contributed by atoms with E-state index in [1.54, 1.807) is 12.3 Å². The maximum Gasteiger partial charge on any atom is 0.416 e. The summed E-state index contributed by atoms with van der Waals surface area (Å²) < 4.78 is 45.4. The van der Waals surface area contributed by atoms with Crippen LogP contribution in [0.25, 0.3) is 0 Å². The van der Waals surface area contributed by atoms with E-state index in [0.29, 0.717) is 24.4 Å². The summed E-state index contributed by atoms with van der Waals surface area (Å²) in [6, 6.07) is 20.4. The Morgan fingerprint density at radius 3 is 2.54 bits per heavy atom. The number of hydrogen-bond donors (Lipinski definition) is 1. The first-order valence-corrected chi connectivity index (χ1v) is 11.9. The van der Waals surface area contributed by atoms with E-state index in [1.807, 2.05) is 60.4 Å². The number of carbonyl (C=O) groups excluding carboxylic acids is 1. The predicted molar refractivity (Wildman–Crippen MR) is 132 cm³/mol. The molecule has 1 amide bonds. The first-order chi connectivity index (χ1) is 17.8. The predicted octanol–water partition coefficient (Wildman–Crippen LogP) is 5.82. The van der Waals surface area contributed by atoms with Crippen LogP contribution in [0.1, 0.15) is 51.7 Å². The summed E-state index contributed by atoms with van der Waals surface area (Å²) in [6.45, 7) is 2.80. The topological polar surface area (TPSA) is 71.3 Å². The molecule has 2 aromatic carbocycles. The number of hydrogen-bond acceptors (Lipinski definition) is 5. The van der Waals surface area contributed by atoms with Crippen LogP contribution in [0.2, 0.25) is 0 Å². The maximum atomic E-state index is 13.3. The fraction of sp³-hybridized carbons (Fsp3) is 0.250. The van der Waals surface area contributed by atoms with E-state index in [-0.39, 0.29) is 30.7 Å². The number of alkyl halides is 3. The lowest BCUT2D eigenvalue weighted by atomic mass is 10.0. The van der Waals surface area contributed by atoms with Gasteiger partial charge in [0.2, 0.25) is 5.89 Å². The van der Waals surface area contributed by atoms with Crippen LogP contribution in [-0.2, 0) is 25.7 Å². The molecule has 0 radical (unpaired) electrons. The Balaban J connectivity index is 1.46. The molecule has 0 bridgehead atoms. The molecule has 0 aliphatic carbocycles. The minimum atomic E-state index is -4.42. The first-order valence-electron chi connectivity index (χ1n) is 11.9. The molecule has 4 aromatic rings. The van der Waals surface area contributed by atoms with Crippen LogP contribution in [-0.4, -0.2) is 27.3 Å². The summed E-state index contributed by atoms with van der Waals surface area (Å²) in [6.07, 6.45) is -0.854. The van der Waals surface area contributed by atoms with Crippen LogP contribution in [0.3, 0.4) is 0 Å². The number of nitrogens with one attached hydrogen (secondary N) is 1. The Hall–Kier alpha value is -3.98. The SMILES string of the molecule is C[C@H](c1ccccc1)N(Cc1cccc(C(F)(F)F)c1)Cc1nc(C(=O)NCCc2ccccn2)co1. The van der Waals surface area contributed by atoms with Crippen molar-refractivity contribution in [2.45, 2.75) is 38.7 Å². The Kier molecular flexibility index (Phi) is 8.35. The lowest BCUT2D eigenvalue weighted by Crippen LogP contribution is -2.27. The Morgan fingerprint density at radius 1 is 1.03 bits per heavy atom. The standard InChI is InChI=1S/C28H27F3N4O2/c1-20(22-9-3-2-4-10-22)35(17-21-8-7-11-23(16-21)28(29,30)31)18-26-34-25(19-37-26)27(36)33-15-13-24-12-5-6-14-32-24/h2-12,14,16,19-20H,13,15,17-18H2,1H3,(H,33,36)/t20-/m1/s1. The molecular weight excluding hydrogens is 481 g/mol. The van der Waals surface area contributed by atoms with Gasteiger partial charge in [-0.25, -0.2) is 4.98 Å². The van der Waals surface area contributed by atoms with Crippen molar-refractivity contribution in [2.24, 2.45) is 0 Å². The van der Waals surface area contributed by atoms with Gasteiger partial charge in [0.15, 0.2) is 5.69 Å². The minimum Gasteiger partial charge on any atom is -0.447 e. The van der Waals surface area contributed by atoms with Crippen LogP contribution in [0.5, 0.6) is 0 Å². The van der Waals surface area contributed by atoms with E-state index in [0.717, 1.165) is 23.4 Å². The van der Waals surface area contributed by atoms with Gasteiger partial charge in [-0.1, -0.05) is 54.6 Å². The zero-order chi connectivity index (χ0) is 26.3. The highest BCUT2D eigenvalue weighted by Gasteiger charge is 2.30. The van der Waals surface area contributed by atoms with Crippen LogP contribution in [0, 0.1) is 0 Å². The van der Waals surface area contributed by atoms with Crippen molar-refractivity contribution in [1.29, 1.82) is 0 Å². The molecule has 2 heterocycles. The van der Waals surface area contributed by atoms with Gasteiger partial charge in [0.25, 0.3) is 5.91 Å². The van der Waals surface area contributed by atoms with Crippen molar-refractivity contribution in [3.05, 3.63) is 119 Å². The van der Waals surface area contributed by atoms with Gasteiger partial charge in [-0.05, 0) is 36.2 Å². The number of pyridine rings is 1. The molecule has 0 saturated heterocycles. The third kappa shape index (κ3) is 7.27. The van der Waals surface area contributed by atoms with Gasteiger partial charge in [0.05, 0.1) is 12.1 Å². The molecule has 0 spiro atoms. The Bertz CT molecular complexity index is 1290. The molecule has 1 N–H and O–H groups in total. The Morgan fingerprint density at radius 2 is 1.81 bits per heavy atom. The number of nitrogens with zero attached hydrogens (tertiary/aromatic N) is 3. The minimum absolute atomic E-state index is 0.141. The number of amides is 1. The van der Waals surface area contributed by atoms with Crippen molar-refractivity contribution in [3.8, 4) is 0 Å². The van der Waals surface area contributed by atoms with Crippen molar-refractivity contribution < 1.29 is 22.4 Å². The highest BCUT2D eigenvalue weighted by atomic mass is 19.4. The van der Waals surface area contributed by atoms with Gasteiger partial charge in [0.1, 0.15) is 6.26 Å². The number of rotatable bonds is 10. The van der Waals surface area contributed by atoms with Gasteiger partial charge in [-0.2, -0.15) is 13.2 Å². The molecule has 0 saturated carbocycles. The number of halogens is 3. The molecule has 0 fully saturated rings. The second-order valence-electron chi connectivity index (χ2n) is 8.64. The molecule has 2 aromatic heterocycles. The van der Waals surface area contributed by atoms with E-state index >= 15 is 0 Å².